The summed E-state index contributed by atoms with van der Waals surface area (Å²) in [7, 11) is 0. The van der Waals surface area contributed by atoms with Gasteiger partial charge < -0.3 is 4.57 Å². The van der Waals surface area contributed by atoms with Crippen LogP contribution in [0.2, 0.25) is 0 Å². The highest BCUT2D eigenvalue weighted by molar-refractivity contribution is 5.26. The number of aromatic nitrogens is 2. The Labute approximate surface area is 114 Å². The molecule has 1 aromatic heterocycles. The first-order valence-electron chi connectivity index (χ1n) is 6.75. The fraction of sp³-hybridized carbons (Fsp3) is 0.400. The van der Waals surface area contributed by atoms with Gasteiger partial charge in [0.05, 0.1) is 0 Å². The molecule has 0 radical (unpaired) electrons. The summed E-state index contributed by atoms with van der Waals surface area (Å²) in [6, 6.07) is 8.63. The Kier molecular flexibility index (Phi) is 4.71. The minimum atomic E-state index is 0.203. The van der Waals surface area contributed by atoms with Crippen molar-refractivity contribution < 1.29 is 0 Å². The summed E-state index contributed by atoms with van der Waals surface area (Å²) in [5.74, 6) is 6.77. The summed E-state index contributed by atoms with van der Waals surface area (Å²) < 4.78 is 2.15. The lowest BCUT2D eigenvalue weighted by Gasteiger charge is -2.17. The molecule has 4 nitrogen and oxygen atoms in total. The molecule has 1 heterocycles. The van der Waals surface area contributed by atoms with Crippen LogP contribution >= 0.6 is 0 Å². The van der Waals surface area contributed by atoms with Crippen molar-refractivity contribution in [2.75, 3.05) is 0 Å². The van der Waals surface area contributed by atoms with Crippen LogP contribution in [-0.4, -0.2) is 15.6 Å². The highest BCUT2D eigenvalue weighted by Gasteiger charge is 2.13. The van der Waals surface area contributed by atoms with E-state index < -0.39 is 0 Å². The third-order valence-corrected chi connectivity index (χ3v) is 3.53. The number of hydrazine groups is 1. The number of nitrogens with two attached hydrogens (primary N) is 1. The minimum absolute atomic E-state index is 0.203. The van der Waals surface area contributed by atoms with Crippen molar-refractivity contribution in [3.63, 3.8) is 0 Å². The molecule has 2 rings (SSSR count). The number of hydrogen-bond acceptors (Lipinski definition) is 3. The van der Waals surface area contributed by atoms with E-state index in [1.165, 1.54) is 11.1 Å². The molecule has 0 aliphatic carbocycles. The van der Waals surface area contributed by atoms with Crippen LogP contribution in [0, 0.1) is 6.92 Å². The van der Waals surface area contributed by atoms with E-state index in [-0.39, 0.29) is 6.04 Å². The summed E-state index contributed by atoms with van der Waals surface area (Å²) in [5, 5.41) is 0. The Hall–Kier alpha value is -1.65. The van der Waals surface area contributed by atoms with Gasteiger partial charge in [0.2, 0.25) is 0 Å². The molecule has 0 fully saturated rings. The van der Waals surface area contributed by atoms with E-state index in [4.69, 9.17) is 5.84 Å². The van der Waals surface area contributed by atoms with Crippen LogP contribution in [0.1, 0.15) is 23.9 Å². The largest absolute Gasteiger partial charge is 0.335 e. The third-order valence-electron chi connectivity index (χ3n) is 3.53. The normalized spacial score (nSPS) is 12.6. The van der Waals surface area contributed by atoms with Crippen LogP contribution in [0.5, 0.6) is 0 Å². The zero-order valence-corrected chi connectivity index (χ0v) is 11.6. The number of nitrogens with zero attached hydrogens (tertiary/aromatic N) is 2. The Morgan fingerprint density at radius 2 is 2.11 bits per heavy atom. The van der Waals surface area contributed by atoms with Gasteiger partial charge in [-0.1, -0.05) is 24.3 Å². The standard InChI is InChI=1S/C15H22N4/c1-3-19-9-8-17-15(19)11-14(18-16)10-13-7-5-4-6-12(13)2/h4-9,14,18H,3,10-11,16H2,1-2H3. The van der Waals surface area contributed by atoms with Crippen LogP contribution in [0.25, 0.3) is 0 Å². The van der Waals surface area contributed by atoms with Crippen molar-refractivity contribution in [2.45, 2.75) is 39.3 Å². The summed E-state index contributed by atoms with van der Waals surface area (Å²) in [6.45, 7) is 5.20. The van der Waals surface area contributed by atoms with Gasteiger partial charge in [-0.2, -0.15) is 0 Å². The topological polar surface area (TPSA) is 55.9 Å². The molecule has 4 heteroatoms. The van der Waals surface area contributed by atoms with Crippen molar-refractivity contribution in [3.8, 4) is 0 Å². The van der Waals surface area contributed by atoms with Gasteiger partial charge in [0.1, 0.15) is 5.82 Å². The molecule has 0 amide bonds. The second-order valence-electron chi connectivity index (χ2n) is 4.83. The monoisotopic (exact) mass is 258 g/mol. The molecule has 1 aromatic carbocycles. The van der Waals surface area contributed by atoms with Gasteiger partial charge in [0, 0.05) is 31.4 Å². The van der Waals surface area contributed by atoms with Crippen molar-refractivity contribution in [1.82, 2.24) is 15.0 Å². The van der Waals surface area contributed by atoms with E-state index in [0.717, 1.165) is 25.2 Å². The molecule has 0 aliphatic rings. The second kappa shape index (κ2) is 6.50. The van der Waals surface area contributed by atoms with Gasteiger partial charge in [0.25, 0.3) is 0 Å². The SMILES string of the molecule is CCn1ccnc1CC(Cc1ccccc1C)NN. The summed E-state index contributed by atoms with van der Waals surface area (Å²) in [5.41, 5.74) is 5.55. The quantitative estimate of drug-likeness (QED) is 0.614. The summed E-state index contributed by atoms with van der Waals surface area (Å²) >= 11 is 0. The Morgan fingerprint density at radius 1 is 1.32 bits per heavy atom. The van der Waals surface area contributed by atoms with Crippen LogP contribution in [0.15, 0.2) is 36.7 Å². The van der Waals surface area contributed by atoms with E-state index >= 15 is 0 Å². The predicted octanol–water partition coefficient (Wildman–Crippen LogP) is 1.83. The minimum Gasteiger partial charge on any atom is -0.335 e. The number of aryl methyl sites for hydroxylation is 2. The molecule has 19 heavy (non-hydrogen) atoms. The molecule has 2 aromatic rings. The number of nitrogens with one attached hydrogen (secondary N) is 1. The zero-order chi connectivity index (χ0) is 13.7. The van der Waals surface area contributed by atoms with Gasteiger partial charge in [-0.25, -0.2) is 4.98 Å². The number of hydrogen-bond donors (Lipinski definition) is 2. The molecular weight excluding hydrogens is 236 g/mol. The molecule has 1 unspecified atom stereocenters. The smallest absolute Gasteiger partial charge is 0.110 e. The molecule has 1 atom stereocenters. The van der Waals surface area contributed by atoms with Crippen molar-refractivity contribution in [1.29, 1.82) is 0 Å². The summed E-state index contributed by atoms with van der Waals surface area (Å²) in [4.78, 5) is 4.41. The molecule has 0 spiro atoms. The van der Waals surface area contributed by atoms with Gasteiger partial charge in [-0.3, -0.25) is 11.3 Å². The molecule has 3 N–H and O–H groups in total. The molecule has 0 saturated heterocycles. The van der Waals surface area contributed by atoms with E-state index in [9.17, 15) is 0 Å². The molecule has 0 bridgehead atoms. The van der Waals surface area contributed by atoms with Crippen molar-refractivity contribution in [3.05, 3.63) is 53.6 Å². The van der Waals surface area contributed by atoms with Crippen molar-refractivity contribution in [2.24, 2.45) is 5.84 Å². The second-order valence-corrected chi connectivity index (χ2v) is 4.83. The maximum absolute atomic E-state index is 5.69. The first-order chi connectivity index (χ1) is 9.24. The molecule has 0 aliphatic heterocycles. The maximum atomic E-state index is 5.69. The van der Waals surface area contributed by atoms with Gasteiger partial charge in [-0.15, -0.1) is 0 Å². The maximum Gasteiger partial charge on any atom is 0.110 e. The number of rotatable bonds is 6. The van der Waals surface area contributed by atoms with Gasteiger partial charge >= 0.3 is 0 Å². The highest BCUT2D eigenvalue weighted by atomic mass is 15.2. The lowest BCUT2D eigenvalue weighted by atomic mass is 9.99. The van der Waals surface area contributed by atoms with Gasteiger partial charge in [-0.05, 0) is 31.4 Å². The van der Waals surface area contributed by atoms with E-state index in [0.29, 0.717) is 0 Å². The van der Waals surface area contributed by atoms with E-state index in [1.807, 2.05) is 12.4 Å². The van der Waals surface area contributed by atoms with Crippen LogP contribution in [0.3, 0.4) is 0 Å². The number of imidazole rings is 1. The molecule has 0 saturated carbocycles. The highest BCUT2D eigenvalue weighted by Crippen LogP contribution is 2.12. The third kappa shape index (κ3) is 3.43. The summed E-state index contributed by atoms with van der Waals surface area (Å²) in [6.07, 6.45) is 5.61. The Balaban J connectivity index is 2.07. The van der Waals surface area contributed by atoms with Crippen LogP contribution < -0.4 is 11.3 Å². The lowest BCUT2D eigenvalue weighted by Crippen LogP contribution is -2.39. The van der Waals surface area contributed by atoms with Crippen LogP contribution in [0.4, 0.5) is 0 Å². The first kappa shape index (κ1) is 13.8. The van der Waals surface area contributed by atoms with Crippen molar-refractivity contribution >= 4 is 0 Å². The van der Waals surface area contributed by atoms with Crippen LogP contribution in [-0.2, 0) is 19.4 Å². The fourth-order valence-electron chi connectivity index (χ4n) is 2.33. The zero-order valence-electron chi connectivity index (χ0n) is 11.6. The Bertz CT molecular complexity index is 518. The predicted molar refractivity (Wildman–Crippen MR) is 77.6 cm³/mol. The first-order valence-corrected chi connectivity index (χ1v) is 6.75. The molecular formula is C15H22N4. The average Bonchev–Trinajstić information content (AvgIpc) is 2.87. The number of benzene rings is 1. The van der Waals surface area contributed by atoms with Gasteiger partial charge in [0.15, 0.2) is 0 Å². The fourth-order valence-corrected chi connectivity index (χ4v) is 2.33. The Morgan fingerprint density at radius 3 is 2.79 bits per heavy atom. The van der Waals surface area contributed by atoms with E-state index in [1.54, 1.807) is 0 Å². The average molecular weight is 258 g/mol. The molecule has 102 valence electrons. The lowest BCUT2D eigenvalue weighted by molar-refractivity contribution is 0.498. The van der Waals surface area contributed by atoms with E-state index in [2.05, 4.69) is 53.1 Å².